The number of hydrogen-bond donors (Lipinski definition) is 2. The van der Waals surface area contributed by atoms with Crippen molar-refractivity contribution in [3.8, 4) is 0 Å². The fourth-order valence-electron chi connectivity index (χ4n) is 2.76. The third-order valence-electron chi connectivity index (χ3n) is 4.13. The molecule has 24 heavy (non-hydrogen) atoms. The van der Waals surface area contributed by atoms with Crippen LogP contribution >= 0.6 is 0 Å². The highest BCUT2D eigenvalue weighted by Crippen LogP contribution is 2.17. The molecule has 0 spiro atoms. The third-order valence-corrected chi connectivity index (χ3v) is 4.13. The highest BCUT2D eigenvalue weighted by Gasteiger charge is 2.16. The quantitative estimate of drug-likeness (QED) is 0.819. The van der Waals surface area contributed by atoms with Gasteiger partial charge in [-0.3, -0.25) is 9.78 Å². The Morgan fingerprint density at radius 1 is 1.12 bits per heavy atom. The Morgan fingerprint density at radius 3 is 2.58 bits per heavy atom. The summed E-state index contributed by atoms with van der Waals surface area (Å²) in [5.41, 5.74) is 3.09. The van der Waals surface area contributed by atoms with Crippen LogP contribution in [-0.4, -0.2) is 23.6 Å². The Bertz CT molecular complexity index is 637. The zero-order chi connectivity index (χ0) is 16.6. The van der Waals surface area contributed by atoms with E-state index in [2.05, 4.69) is 15.6 Å². The van der Waals surface area contributed by atoms with Gasteiger partial charge in [0.05, 0.1) is 6.10 Å². The molecule has 1 fully saturated rings. The van der Waals surface area contributed by atoms with Gasteiger partial charge in [0.25, 0.3) is 0 Å². The first kappa shape index (κ1) is 16.5. The zero-order valence-electron chi connectivity index (χ0n) is 13.7. The van der Waals surface area contributed by atoms with Crippen LogP contribution in [0.3, 0.4) is 0 Å². The summed E-state index contributed by atoms with van der Waals surface area (Å²) < 4.78 is 5.54. The predicted molar refractivity (Wildman–Crippen MR) is 94.0 cm³/mol. The van der Waals surface area contributed by atoms with Gasteiger partial charge >= 0.3 is 0 Å². The molecule has 2 heterocycles. The molecule has 126 valence electrons. The zero-order valence-corrected chi connectivity index (χ0v) is 13.7. The predicted octanol–water partition coefficient (Wildman–Crippen LogP) is 3.40. The molecule has 1 aliphatic heterocycles. The maximum absolute atomic E-state index is 11.9. The van der Waals surface area contributed by atoms with Crippen molar-refractivity contribution < 1.29 is 9.53 Å². The maximum Gasteiger partial charge on any atom is 0.220 e. The summed E-state index contributed by atoms with van der Waals surface area (Å²) in [4.78, 5) is 15.9. The van der Waals surface area contributed by atoms with Crippen molar-refractivity contribution in [3.63, 3.8) is 0 Å². The van der Waals surface area contributed by atoms with Gasteiger partial charge in [-0.1, -0.05) is 12.1 Å². The number of amides is 1. The van der Waals surface area contributed by atoms with E-state index >= 15 is 0 Å². The Kier molecular flexibility index (Phi) is 5.80. The largest absolute Gasteiger partial charge is 0.378 e. The van der Waals surface area contributed by atoms with Crippen molar-refractivity contribution >= 4 is 17.3 Å². The lowest BCUT2D eigenvalue weighted by atomic mass is 10.1. The maximum atomic E-state index is 11.9. The monoisotopic (exact) mass is 325 g/mol. The summed E-state index contributed by atoms with van der Waals surface area (Å²) in [7, 11) is 0. The number of rotatable bonds is 7. The Labute approximate surface area is 142 Å². The van der Waals surface area contributed by atoms with Crippen LogP contribution in [0, 0.1) is 0 Å². The topological polar surface area (TPSA) is 63.2 Å². The van der Waals surface area contributed by atoms with Gasteiger partial charge in [-0.2, -0.15) is 0 Å². The lowest BCUT2D eigenvalue weighted by molar-refractivity contribution is -0.121. The minimum absolute atomic E-state index is 0.0875. The summed E-state index contributed by atoms with van der Waals surface area (Å²) >= 11 is 0. The first-order valence-electron chi connectivity index (χ1n) is 8.44. The summed E-state index contributed by atoms with van der Waals surface area (Å²) in [6.07, 6.45) is 7.33. The molecule has 5 heteroatoms. The van der Waals surface area contributed by atoms with Gasteiger partial charge in [0, 0.05) is 43.3 Å². The van der Waals surface area contributed by atoms with Crippen molar-refractivity contribution in [3.05, 3.63) is 54.4 Å². The standard InChI is InChI=1S/C19H23N3O2/c23-19(8-7-18-2-1-13-24-18)21-14-15-3-5-16(6-4-15)22-17-9-11-20-12-10-17/h3-6,9-12,18H,1-2,7-8,13-14H2,(H,20,22)(H,21,23). The lowest BCUT2D eigenvalue weighted by Crippen LogP contribution is -2.23. The van der Waals surface area contributed by atoms with Crippen LogP contribution in [0.5, 0.6) is 0 Å². The van der Waals surface area contributed by atoms with Crippen LogP contribution in [-0.2, 0) is 16.1 Å². The highest BCUT2D eigenvalue weighted by molar-refractivity contribution is 5.75. The van der Waals surface area contributed by atoms with Gasteiger partial charge in [0.1, 0.15) is 0 Å². The van der Waals surface area contributed by atoms with E-state index in [0.717, 1.165) is 42.8 Å². The van der Waals surface area contributed by atoms with Crippen molar-refractivity contribution in [1.82, 2.24) is 10.3 Å². The molecule has 3 rings (SSSR count). The van der Waals surface area contributed by atoms with E-state index in [1.54, 1.807) is 12.4 Å². The summed E-state index contributed by atoms with van der Waals surface area (Å²) in [5, 5.41) is 6.28. The molecule has 1 saturated heterocycles. The fourth-order valence-corrected chi connectivity index (χ4v) is 2.76. The second-order valence-electron chi connectivity index (χ2n) is 6.01. The van der Waals surface area contributed by atoms with Crippen LogP contribution in [0.2, 0.25) is 0 Å². The number of pyridine rings is 1. The third kappa shape index (κ3) is 5.06. The number of hydrogen-bond acceptors (Lipinski definition) is 4. The summed E-state index contributed by atoms with van der Waals surface area (Å²) in [5.74, 6) is 0.0875. The van der Waals surface area contributed by atoms with E-state index in [0.29, 0.717) is 13.0 Å². The lowest BCUT2D eigenvalue weighted by Gasteiger charge is -2.10. The number of nitrogens with zero attached hydrogens (tertiary/aromatic N) is 1. The number of benzene rings is 1. The molecule has 5 nitrogen and oxygen atoms in total. The van der Waals surface area contributed by atoms with Gasteiger partial charge in [-0.05, 0) is 49.1 Å². The second kappa shape index (κ2) is 8.45. The fraction of sp³-hybridized carbons (Fsp3) is 0.368. The average Bonchev–Trinajstić information content (AvgIpc) is 3.14. The molecular formula is C19H23N3O2. The smallest absolute Gasteiger partial charge is 0.220 e. The Hall–Kier alpha value is -2.40. The molecule has 1 aromatic carbocycles. The molecule has 0 aliphatic carbocycles. The van der Waals surface area contributed by atoms with Crippen LogP contribution in [0.1, 0.15) is 31.2 Å². The van der Waals surface area contributed by atoms with Crippen LogP contribution in [0.4, 0.5) is 11.4 Å². The second-order valence-corrected chi connectivity index (χ2v) is 6.01. The van der Waals surface area contributed by atoms with Gasteiger partial charge in [-0.25, -0.2) is 0 Å². The van der Waals surface area contributed by atoms with Crippen molar-refractivity contribution in [2.24, 2.45) is 0 Å². The first-order chi connectivity index (χ1) is 11.8. The SMILES string of the molecule is O=C(CCC1CCCO1)NCc1ccc(Nc2ccncc2)cc1. The summed E-state index contributed by atoms with van der Waals surface area (Å²) in [6.45, 7) is 1.39. The van der Waals surface area contributed by atoms with E-state index in [1.165, 1.54) is 0 Å². The van der Waals surface area contributed by atoms with Gasteiger partial charge in [-0.15, -0.1) is 0 Å². The molecule has 1 aliphatic rings. The minimum Gasteiger partial charge on any atom is -0.378 e. The van der Waals surface area contributed by atoms with E-state index < -0.39 is 0 Å². The Balaban J connectivity index is 1.41. The molecule has 1 amide bonds. The Morgan fingerprint density at radius 2 is 1.88 bits per heavy atom. The van der Waals surface area contributed by atoms with Crippen LogP contribution < -0.4 is 10.6 Å². The average molecular weight is 325 g/mol. The number of aromatic nitrogens is 1. The highest BCUT2D eigenvalue weighted by atomic mass is 16.5. The number of carbonyl (C=O) groups is 1. The molecule has 2 N–H and O–H groups in total. The van der Waals surface area contributed by atoms with Crippen molar-refractivity contribution in [2.75, 3.05) is 11.9 Å². The van der Waals surface area contributed by atoms with E-state index in [-0.39, 0.29) is 12.0 Å². The molecule has 1 aromatic heterocycles. The normalized spacial score (nSPS) is 16.8. The van der Waals surface area contributed by atoms with E-state index in [1.807, 2.05) is 36.4 Å². The molecule has 1 atom stereocenters. The molecule has 0 bridgehead atoms. The molecule has 1 unspecified atom stereocenters. The van der Waals surface area contributed by atoms with Crippen molar-refractivity contribution in [1.29, 1.82) is 0 Å². The molecular weight excluding hydrogens is 302 g/mol. The number of anilines is 2. The number of ether oxygens (including phenoxy) is 1. The van der Waals surface area contributed by atoms with Crippen LogP contribution in [0.15, 0.2) is 48.8 Å². The number of carbonyl (C=O) groups excluding carboxylic acids is 1. The minimum atomic E-state index is 0.0875. The van der Waals surface area contributed by atoms with E-state index in [4.69, 9.17) is 4.74 Å². The number of nitrogens with one attached hydrogen (secondary N) is 2. The van der Waals surface area contributed by atoms with Crippen LogP contribution in [0.25, 0.3) is 0 Å². The van der Waals surface area contributed by atoms with Crippen molar-refractivity contribution in [2.45, 2.75) is 38.3 Å². The van der Waals surface area contributed by atoms with E-state index in [9.17, 15) is 4.79 Å². The molecule has 0 saturated carbocycles. The first-order valence-corrected chi connectivity index (χ1v) is 8.44. The molecule has 2 aromatic rings. The van der Waals surface area contributed by atoms with Gasteiger partial charge in [0.2, 0.25) is 5.91 Å². The summed E-state index contributed by atoms with van der Waals surface area (Å²) in [6, 6.07) is 11.9. The van der Waals surface area contributed by atoms with Gasteiger partial charge < -0.3 is 15.4 Å². The van der Waals surface area contributed by atoms with Gasteiger partial charge in [0.15, 0.2) is 0 Å². The molecule has 0 radical (unpaired) electrons.